The molecule has 0 radical (unpaired) electrons. The lowest BCUT2D eigenvalue weighted by Crippen LogP contribution is -2.59. The van der Waals surface area contributed by atoms with E-state index in [1.54, 1.807) is 31.4 Å². The van der Waals surface area contributed by atoms with Crippen LogP contribution in [0, 0.1) is 23.1 Å². The number of piperidine rings is 1. The van der Waals surface area contributed by atoms with E-state index in [4.69, 9.17) is 4.74 Å². The van der Waals surface area contributed by atoms with Gasteiger partial charge in [-0.25, -0.2) is 9.37 Å². The lowest BCUT2D eigenvalue weighted by molar-refractivity contribution is -0.150. The zero-order chi connectivity index (χ0) is 43.2. The highest BCUT2D eigenvalue weighted by Crippen LogP contribution is 2.32. The average Bonchev–Trinajstić information content (AvgIpc) is 3.67. The lowest BCUT2D eigenvalue weighted by Gasteiger charge is -2.40. The van der Waals surface area contributed by atoms with Crippen LogP contribution in [-0.2, 0) is 30.3 Å². The summed E-state index contributed by atoms with van der Waals surface area (Å²) in [6, 6.07) is 3.79. The van der Waals surface area contributed by atoms with Crippen LogP contribution in [-0.4, -0.2) is 93.9 Å². The summed E-state index contributed by atoms with van der Waals surface area (Å²) in [5.74, 6) is -2.97. The molecule has 1 aromatic carbocycles. The molecule has 58 heavy (non-hydrogen) atoms. The number of carboxylic acids is 1. The standard InChI is InChI=1S/C44H68FN5O7S/c1-10-12-13-15-23-50(42(54)38(29(5)11-2)48-40(53)35-17-14-16-22-49(35)9)36(28(3)4)25-37(57-30(6)51)41-47-34(27-58-41)39(52)46-33(26-44(7,8)43(55)56)24-31-18-20-32(45)21-19-31/h18-21,27-29,33,35-38H,10-17,22-26H2,1-9H3,(H,46,52)(H,48,53)(H,55,56)/t29-,33-,35+,36+,37+,38-/m0/s1. The van der Waals surface area contributed by atoms with Gasteiger partial charge in [0.25, 0.3) is 5.91 Å². The summed E-state index contributed by atoms with van der Waals surface area (Å²) < 4.78 is 19.5. The van der Waals surface area contributed by atoms with Gasteiger partial charge >= 0.3 is 11.9 Å². The molecule has 3 amide bonds. The first-order valence-electron chi connectivity index (χ1n) is 21.1. The highest BCUT2D eigenvalue weighted by atomic mass is 32.1. The maximum absolute atomic E-state index is 14.8. The van der Waals surface area contributed by atoms with Crippen LogP contribution in [0.1, 0.15) is 147 Å². The molecule has 0 spiro atoms. The van der Waals surface area contributed by atoms with Gasteiger partial charge in [0.15, 0.2) is 6.10 Å². The Bertz CT molecular complexity index is 1650. The van der Waals surface area contributed by atoms with Crippen LogP contribution in [0.2, 0.25) is 0 Å². The lowest BCUT2D eigenvalue weighted by atomic mass is 9.84. The highest BCUT2D eigenvalue weighted by Gasteiger charge is 2.39. The number of hydrogen-bond acceptors (Lipinski definition) is 9. The van der Waals surface area contributed by atoms with Crippen LogP contribution in [0.3, 0.4) is 0 Å². The zero-order valence-corrected chi connectivity index (χ0v) is 37.0. The van der Waals surface area contributed by atoms with E-state index in [0.717, 1.165) is 57.1 Å². The van der Waals surface area contributed by atoms with Crippen LogP contribution in [0.25, 0.3) is 0 Å². The quantitative estimate of drug-likeness (QED) is 0.0759. The van der Waals surface area contributed by atoms with E-state index in [9.17, 15) is 33.5 Å². The first-order chi connectivity index (χ1) is 27.4. The predicted molar refractivity (Wildman–Crippen MR) is 225 cm³/mol. The van der Waals surface area contributed by atoms with E-state index >= 15 is 0 Å². The highest BCUT2D eigenvalue weighted by molar-refractivity contribution is 7.09. The van der Waals surface area contributed by atoms with Crippen LogP contribution in [0.4, 0.5) is 4.39 Å². The SMILES string of the molecule is CCCCCCN(C(=O)[C@@H](NC(=O)[C@H]1CCCCN1C)[C@@H](C)CC)[C@H](C[C@@H](OC(C)=O)c1nc(C(=O)N[C@@H](Cc2ccc(F)cc2)CC(C)(C)C(=O)O)cs1)C(C)C. The average molecular weight is 830 g/mol. The van der Waals surface area contributed by atoms with Crippen LogP contribution in [0.5, 0.6) is 0 Å². The largest absolute Gasteiger partial charge is 0.481 e. The Balaban J connectivity index is 1.94. The van der Waals surface area contributed by atoms with Gasteiger partial charge in [0.1, 0.15) is 22.6 Å². The third kappa shape index (κ3) is 14.4. The summed E-state index contributed by atoms with van der Waals surface area (Å²) >= 11 is 1.17. The molecule has 324 valence electrons. The summed E-state index contributed by atoms with van der Waals surface area (Å²) in [6.45, 7) is 16.0. The van der Waals surface area contributed by atoms with Gasteiger partial charge in [0, 0.05) is 37.4 Å². The van der Waals surface area contributed by atoms with Gasteiger partial charge in [0.05, 0.1) is 11.5 Å². The molecule has 1 aliphatic heterocycles. The number of ether oxygens (including phenoxy) is 1. The number of nitrogens with one attached hydrogen (secondary N) is 2. The van der Waals surface area contributed by atoms with Crippen molar-refractivity contribution in [1.29, 1.82) is 0 Å². The number of carboxylic acid groups (broad SMARTS) is 1. The van der Waals surface area contributed by atoms with E-state index in [1.807, 2.05) is 39.6 Å². The molecule has 3 rings (SSSR count). The fourth-order valence-corrected chi connectivity index (χ4v) is 8.47. The number of esters is 1. The number of hydrogen-bond donors (Lipinski definition) is 3. The molecule has 2 aromatic rings. The van der Waals surface area contributed by atoms with Crippen molar-refractivity contribution < 1.29 is 38.2 Å². The molecule has 6 atom stereocenters. The molecule has 3 N–H and O–H groups in total. The van der Waals surface area contributed by atoms with Crippen molar-refractivity contribution in [2.75, 3.05) is 20.1 Å². The summed E-state index contributed by atoms with van der Waals surface area (Å²) in [6.07, 6.45) is 6.89. The molecule has 0 saturated carbocycles. The number of halogens is 1. The van der Waals surface area contributed by atoms with Crippen LogP contribution < -0.4 is 10.6 Å². The molecule has 1 aromatic heterocycles. The number of carbonyl (C=O) groups excluding carboxylic acids is 4. The minimum Gasteiger partial charge on any atom is -0.481 e. The summed E-state index contributed by atoms with van der Waals surface area (Å²) in [5, 5.41) is 17.9. The Morgan fingerprint density at radius 2 is 1.74 bits per heavy atom. The second-order valence-corrected chi connectivity index (χ2v) is 18.0. The number of likely N-dealkylation sites (N-methyl/N-ethyl adjacent to an activating group) is 1. The maximum atomic E-state index is 14.8. The number of aliphatic carboxylic acids is 1. The molecule has 1 saturated heterocycles. The van der Waals surface area contributed by atoms with E-state index in [0.29, 0.717) is 18.0 Å². The van der Waals surface area contributed by atoms with Crippen LogP contribution >= 0.6 is 11.3 Å². The normalized spacial score (nSPS) is 17.5. The number of nitrogens with zero attached hydrogens (tertiary/aromatic N) is 3. The molecule has 14 heteroatoms. The van der Waals surface area contributed by atoms with Crippen molar-refractivity contribution in [3.63, 3.8) is 0 Å². The van der Waals surface area contributed by atoms with E-state index < -0.39 is 53.3 Å². The van der Waals surface area contributed by atoms with Crippen molar-refractivity contribution >= 4 is 41.0 Å². The fourth-order valence-electron chi connectivity index (χ4n) is 7.63. The first kappa shape index (κ1) is 48.5. The Kier molecular flexibility index (Phi) is 19.2. The molecule has 0 aliphatic carbocycles. The van der Waals surface area contributed by atoms with E-state index in [-0.39, 0.29) is 54.6 Å². The number of carbonyl (C=O) groups is 5. The number of likely N-dealkylation sites (tertiary alicyclic amines) is 1. The summed E-state index contributed by atoms with van der Waals surface area (Å²) in [7, 11) is 1.95. The van der Waals surface area contributed by atoms with E-state index in [2.05, 4.69) is 27.4 Å². The maximum Gasteiger partial charge on any atom is 0.309 e. The molecular formula is C44H68FN5O7S. The third-order valence-electron chi connectivity index (χ3n) is 11.4. The topological polar surface area (TPSA) is 158 Å². The summed E-state index contributed by atoms with van der Waals surface area (Å²) in [4.78, 5) is 75.5. The van der Waals surface area contributed by atoms with Crippen molar-refractivity contribution in [2.24, 2.45) is 17.3 Å². The number of benzene rings is 1. The molecule has 1 fully saturated rings. The Morgan fingerprint density at radius 1 is 1.05 bits per heavy atom. The van der Waals surface area contributed by atoms with Gasteiger partial charge < -0.3 is 25.4 Å². The van der Waals surface area contributed by atoms with Gasteiger partial charge in [-0.3, -0.25) is 28.9 Å². The Hall–Kier alpha value is -3.91. The van der Waals surface area contributed by atoms with Crippen molar-refractivity contribution in [2.45, 2.75) is 156 Å². The van der Waals surface area contributed by atoms with Crippen LogP contribution in [0.15, 0.2) is 29.6 Å². The van der Waals surface area contributed by atoms with Crippen molar-refractivity contribution in [3.8, 4) is 0 Å². The monoisotopic (exact) mass is 829 g/mol. The molecular weight excluding hydrogens is 762 g/mol. The Labute approximate surface area is 349 Å². The number of rotatable bonds is 23. The van der Waals surface area contributed by atoms with E-state index in [1.165, 1.54) is 30.4 Å². The van der Waals surface area contributed by atoms with Gasteiger partial charge in [-0.2, -0.15) is 0 Å². The number of unbranched alkanes of at least 4 members (excludes halogenated alkanes) is 3. The molecule has 12 nitrogen and oxygen atoms in total. The van der Waals surface area contributed by atoms with Gasteiger partial charge in [-0.05, 0) is 89.1 Å². The van der Waals surface area contributed by atoms with Gasteiger partial charge in [0.2, 0.25) is 11.8 Å². The van der Waals surface area contributed by atoms with Crippen molar-refractivity contribution in [1.82, 2.24) is 25.4 Å². The molecule has 2 heterocycles. The number of amides is 3. The van der Waals surface area contributed by atoms with Gasteiger partial charge in [-0.1, -0.05) is 78.9 Å². The predicted octanol–water partition coefficient (Wildman–Crippen LogP) is 7.57. The Morgan fingerprint density at radius 3 is 2.33 bits per heavy atom. The second kappa shape index (κ2) is 23.0. The smallest absolute Gasteiger partial charge is 0.309 e. The molecule has 1 aliphatic rings. The fraction of sp³-hybridized carbons (Fsp3) is 0.682. The van der Waals surface area contributed by atoms with Gasteiger partial charge in [-0.15, -0.1) is 11.3 Å². The second-order valence-electron chi connectivity index (χ2n) is 17.1. The first-order valence-corrected chi connectivity index (χ1v) is 22.0. The minimum atomic E-state index is -1.17. The molecule has 0 unspecified atom stereocenters. The number of thiazole rings is 1. The molecule has 0 bridgehead atoms. The van der Waals surface area contributed by atoms with Crippen molar-refractivity contribution in [3.05, 3.63) is 51.7 Å². The zero-order valence-electron chi connectivity index (χ0n) is 36.1. The number of aromatic nitrogens is 1. The third-order valence-corrected chi connectivity index (χ3v) is 12.4. The minimum absolute atomic E-state index is 0.0708. The summed E-state index contributed by atoms with van der Waals surface area (Å²) in [5.41, 5.74) is -0.359.